The summed E-state index contributed by atoms with van der Waals surface area (Å²) in [5, 5.41) is 22.2. The standard InChI is InChI=1S/C21H22F2N2O4/c1-4-12-5-6-15(14(23)9-12)25-16-10-13(22)11-17(19(16)20(24)27)29-8-7-18(26)21(2,3)28/h1,5-6,9-11,18,25-26,28H,7-8H2,2-3H3,(H2,24,27)/t18-/m1/s1. The summed E-state index contributed by atoms with van der Waals surface area (Å²) in [5.74, 6) is -0.264. The van der Waals surface area contributed by atoms with Crippen LogP contribution in [0, 0.1) is 24.0 Å². The summed E-state index contributed by atoms with van der Waals surface area (Å²) in [5.41, 5.74) is 4.05. The number of amides is 1. The average Bonchev–Trinajstić information content (AvgIpc) is 2.61. The molecular weight excluding hydrogens is 382 g/mol. The highest BCUT2D eigenvalue weighted by atomic mass is 19.1. The van der Waals surface area contributed by atoms with E-state index in [1.807, 2.05) is 0 Å². The van der Waals surface area contributed by atoms with Gasteiger partial charge in [-0.3, -0.25) is 4.79 Å². The summed E-state index contributed by atoms with van der Waals surface area (Å²) in [6.45, 7) is 2.73. The fourth-order valence-electron chi connectivity index (χ4n) is 2.53. The number of nitrogens with two attached hydrogens (primary N) is 1. The smallest absolute Gasteiger partial charge is 0.254 e. The van der Waals surface area contributed by atoms with Crippen LogP contribution in [0.2, 0.25) is 0 Å². The molecule has 0 heterocycles. The van der Waals surface area contributed by atoms with E-state index in [0.717, 1.165) is 18.2 Å². The lowest BCUT2D eigenvalue weighted by Gasteiger charge is -2.24. The molecule has 1 atom stereocenters. The third-order valence-corrected chi connectivity index (χ3v) is 4.18. The van der Waals surface area contributed by atoms with E-state index in [2.05, 4.69) is 11.2 Å². The number of carbonyl (C=O) groups excluding carboxylic acids is 1. The maximum Gasteiger partial charge on any atom is 0.254 e. The van der Waals surface area contributed by atoms with Gasteiger partial charge < -0.3 is 26.0 Å². The second-order valence-corrected chi connectivity index (χ2v) is 6.96. The quantitative estimate of drug-likeness (QED) is 0.507. The molecule has 5 N–H and O–H groups in total. The Balaban J connectivity index is 2.32. The first-order valence-corrected chi connectivity index (χ1v) is 8.72. The van der Waals surface area contributed by atoms with Crippen molar-refractivity contribution in [2.24, 2.45) is 5.73 Å². The molecule has 1 amide bonds. The van der Waals surface area contributed by atoms with Crippen LogP contribution in [-0.4, -0.2) is 34.4 Å². The molecule has 0 unspecified atom stereocenters. The molecule has 0 bridgehead atoms. The number of aliphatic hydroxyl groups is 2. The summed E-state index contributed by atoms with van der Waals surface area (Å²) in [4.78, 5) is 12.0. The van der Waals surface area contributed by atoms with E-state index < -0.39 is 29.2 Å². The molecule has 0 aliphatic rings. The first kappa shape index (κ1) is 22.1. The lowest BCUT2D eigenvalue weighted by Crippen LogP contribution is -2.36. The summed E-state index contributed by atoms with van der Waals surface area (Å²) < 4.78 is 33.7. The van der Waals surface area contributed by atoms with Gasteiger partial charge in [0.2, 0.25) is 0 Å². The molecule has 154 valence electrons. The number of ether oxygens (including phenoxy) is 1. The van der Waals surface area contributed by atoms with Gasteiger partial charge in [-0.05, 0) is 38.1 Å². The van der Waals surface area contributed by atoms with Crippen molar-refractivity contribution in [3.05, 3.63) is 53.1 Å². The van der Waals surface area contributed by atoms with Crippen LogP contribution >= 0.6 is 0 Å². The molecular formula is C21H22F2N2O4. The van der Waals surface area contributed by atoms with Crippen LogP contribution in [0.1, 0.15) is 36.2 Å². The number of hydrogen-bond acceptors (Lipinski definition) is 5. The van der Waals surface area contributed by atoms with Crippen molar-refractivity contribution in [1.29, 1.82) is 0 Å². The van der Waals surface area contributed by atoms with Crippen molar-refractivity contribution in [1.82, 2.24) is 0 Å². The molecule has 6 nitrogen and oxygen atoms in total. The summed E-state index contributed by atoms with van der Waals surface area (Å²) in [7, 11) is 0. The molecule has 0 radical (unpaired) electrons. The number of aliphatic hydroxyl groups excluding tert-OH is 1. The number of halogens is 2. The van der Waals surface area contributed by atoms with Crippen LogP contribution in [0.3, 0.4) is 0 Å². The Morgan fingerprint density at radius 3 is 2.55 bits per heavy atom. The molecule has 0 fully saturated rings. The molecule has 0 spiro atoms. The minimum atomic E-state index is -1.35. The number of terminal acetylenes is 1. The molecule has 0 saturated carbocycles. The van der Waals surface area contributed by atoms with Gasteiger partial charge in [0.15, 0.2) is 0 Å². The van der Waals surface area contributed by atoms with Gasteiger partial charge >= 0.3 is 0 Å². The van der Waals surface area contributed by atoms with Gasteiger partial charge in [0, 0.05) is 18.1 Å². The molecule has 2 aromatic carbocycles. The van der Waals surface area contributed by atoms with Crippen LogP contribution in [0.25, 0.3) is 0 Å². The average molecular weight is 404 g/mol. The maximum atomic E-state index is 14.2. The van der Waals surface area contributed by atoms with Crippen LogP contribution in [0.5, 0.6) is 5.75 Å². The van der Waals surface area contributed by atoms with Crippen molar-refractivity contribution >= 4 is 17.3 Å². The number of benzene rings is 2. The molecule has 0 saturated heterocycles. The zero-order valence-corrected chi connectivity index (χ0v) is 16.0. The van der Waals surface area contributed by atoms with Gasteiger partial charge in [0.1, 0.15) is 22.9 Å². The van der Waals surface area contributed by atoms with Gasteiger partial charge in [0.05, 0.1) is 29.7 Å². The molecule has 8 heteroatoms. The van der Waals surface area contributed by atoms with Gasteiger partial charge in [-0.15, -0.1) is 6.42 Å². The maximum absolute atomic E-state index is 14.2. The lowest BCUT2D eigenvalue weighted by molar-refractivity contribution is -0.0557. The largest absolute Gasteiger partial charge is 0.492 e. The fraction of sp³-hybridized carbons (Fsp3) is 0.286. The van der Waals surface area contributed by atoms with Crippen LogP contribution in [0.15, 0.2) is 30.3 Å². The number of primary amides is 1. The highest BCUT2D eigenvalue weighted by molar-refractivity contribution is 6.02. The molecule has 29 heavy (non-hydrogen) atoms. The summed E-state index contributed by atoms with van der Waals surface area (Å²) in [6, 6.07) is 5.87. The number of rotatable bonds is 8. The number of anilines is 2. The van der Waals surface area contributed by atoms with E-state index in [-0.39, 0.29) is 35.7 Å². The third kappa shape index (κ3) is 5.67. The second kappa shape index (κ2) is 8.90. The van der Waals surface area contributed by atoms with E-state index in [9.17, 15) is 23.8 Å². The minimum absolute atomic E-state index is 0.0170. The van der Waals surface area contributed by atoms with Gasteiger partial charge in [-0.2, -0.15) is 0 Å². The lowest BCUT2D eigenvalue weighted by atomic mass is 10.00. The highest BCUT2D eigenvalue weighted by Crippen LogP contribution is 2.31. The first-order valence-electron chi connectivity index (χ1n) is 8.72. The van der Waals surface area contributed by atoms with Crippen LogP contribution < -0.4 is 15.8 Å². The van der Waals surface area contributed by atoms with Crippen molar-refractivity contribution in [2.75, 3.05) is 11.9 Å². The molecule has 0 aliphatic carbocycles. The molecule has 2 rings (SSSR count). The minimum Gasteiger partial charge on any atom is -0.492 e. The fourth-order valence-corrected chi connectivity index (χ4v) is 2.53. The summed E-state index contributed by atoms with van der Waals surface area (Å²) >= 11 is 0. The molecule has 2 aromatic rings. The number of carbonyl (C=O) groups is 1. The van der Waals surface area contributed by atoms with E-state index in [1.54, 1.807) is 0 Å². The Labute approximate surface area is 167 Å². The van der Waals surface area contributed by atoms with Crippen molar-refractivity contribution in [3.63, 3.8) is 0 Å². The van der Waals surface area contributed by atoms with Gasteiger partial charge in [-0.25, -0.2) is 8.78 Å². The van der Waals surface area contributed by atoms with Crippen molar-refractivity contribution in [2.45, 2.75) is 32.0 Å². The highest BCUT2D eigenvalue weighted by Gasteiger charge is 2.25. The Morgan fingerprint density at radius 1 is 1.31 bits per heavy atom. The monoisotopic (exact) mass is 404 g/mol. The second-order valence-electron chi connectivity index (χ2n) is 6.96. The Bertz CT molecular complexity index is 949. The molecule has 0 aromatic heterocycles. The number of hydrogen-bond donors (Lipinski definition) is 4. The Hall–Kier alpha value is -3.15. The van der Waals surface area contributed by atoms with Crippen LogP contribution in [-0.2, 0) is 0 Å². The molecule has 0 aliphatic heterocycles. The van der Waals surface area contributed by atoms with Gasteiger partial charge in [0.25, 0.3) is 5.91 Å². The Kier molecular flexibility index (Phi) is 6.80. The van der Waals surface area contributed by atoms with E-state index in [0.29, 0.717) is 5.56 Å². The van der Waals surface area contributed by atoms with Gasteiger partial charge in [-0.1, -0.05) is 5.92 Å². The SMILES string of the molecule is C#Cc1ccc(Nc2cc(F)cc(OCC[C@@H](O)C(C)(C)O)c2C(N)=O)c(F)c1. The Morgan fingerprint density at radius 2 is 2.00 bits per heavy atom. The van der Waals surface area contributed by atoms with E-state index >= 15 is 0 Å². The normalized spacial score (nSPS) is 12.2. The zero-order valence-electron chi connectivity index (χ0n) is 16.0. The van der Waals surface area contributed by atoms with Crippen LogP contribution in [0.4, 0.5) is 20.2 Å². The number of nitrogens with one attached hydrogen (secondary N) is 1. The predicted molar refractivity (Wildman–Crippen MR) is 105 cm³/mol. The third-order valence-electron chi connectivity index (χ3n) is 4.18. The first-order chi connectivity index (χ1) is 13.5. The zero-order chi connectivity index (χ0) is 21.8. The van der Waals surface area contributed by atoms with E-state index in [4.69, 9.17) is 16.9 Å². The van der Waals surface area contributed by atoms with Crippen molar-refractivity contribution in [3.8, 4) is 18.1 Å². The van der Waals surface area contributed by atoms with Crippen molar-refractivity contribution < 1.29 is 28.5 Å². The summed E-state index contributed by atoms with van der Waals surface area (Å²) in [6.07, 6.45) is 4.14. The predicted octanol–water partition coefficient (Wildman–Crippen LogP) is 2.69. The topological polar surface area (TPSA) is 105 Å². The van der Waals surface area contributed by atoms with E-state index in [1.165, 1.54) is 26.0 Å².